The van der Waals surface area contributed by atoms with E-state index >= 15 is 0 Å². The molecule has 0 aliphatic heterocycles. The molecule has 1 aromatic heterocycles. The zero-order chi connectivity index (χ0) is 19.9. The minimum atomic E-state index is -0.105. The quantitative estimate of drug-likeness (QED) is 0.648. The Bertz CT molecular complexity index is 827. The first kappa shape index (κ1) is 20.4. The lowest BCUT2D eigenvalue weighted by Crippen LogP contribution is -2.27. The maximum atomic E-state index is 12.8. The van der Waals surface area contributed by atoms with Gasteiger partial charge in [0.25, 0.3) is 5.91 Å². The summed E-state index contributed by atoms with van der Waals surface area (Å²) in [4.78, 5) is 26.7. The maximum absolute atomic E-state index is 12.8. The van der Waals surface area contributed by atoms with Crippen molar-refractivity contribution in [1.82, 2.24) is 5.32 Å². The van der Waals surface area contributed by atoms with E-state index in [-0.39, 0.29) is 18.2 Å². The molecule has 2 amide bonds. The molecule has 150 valence electrons. The van der Waals surface area contributed by atoms with Crippen LogP contribution in [-0.2, 0) is 24.1 Å². The molecule has 0 fully saturated rings. The molecule has 3 rings (SSSR count). The SMILES string of the molecule is CCCCNC(=O)c1c(NC(=O)Cc2ccc(OC)cc2)sc2c1CCCC2. The van der Waals surface area contributed by atoms with Gasteiger partial charge in [-0.05, 0) is 55.4 Å². The molecule has 0 unspecified atom stereocenters. The Morgan fingerprint density at radius 2 is 1.89 bits per heavy atom. The van der Waals surface area contributed by atoms with Crippen LogP contribution in [0.3, 0.4) is 0 Å². The molecule has 1 heterocycles. The smallest absolute Gasteiger partial charge is 0.254 e. The van der Waals surface area contributed by atoms with Gasteiger partial charge in [0, 0.05) is 11.4 Å². The molecule has 0 atom stereocenters. The van der Waals surface area contributed by atoms with Crippen LogP contribution in [0.25, 0.3) is 0 Å². The molecule has 28 heavy (non-hydrogen) atoms. The van der Waals surface area contributed by atoms with E-state index in [1.165, 1.54) is 4.88 Å². The Kier molecular flexibility index (Phi) is 7.09. The molecule has 0 bridgehead atoms. The highest BCUT2D eigenvalue weighted by Crippen LogP contribution is 2.38. The lowest BCUT2D eigenvalue weighted by molar-refractivity contribution is -0.115. The van der Waals surface area contributed by atoms with E-state index in [0.29, 0.717) is 17.1 Å². The summed E-state index contributed by atoms with van der Waals surface area (Å²) in [6.45, 7) is 2.77. The van der Waals surface area contributed by atoms with Crippen molar-refractivity contribution in [3.8, 4) is 5.75 Å². The van der Waals surface area contributed by atoms with Crippen molar-refractivity contribution in [2.45, 2.75) is 51.9 Å². The normalized spacial score (nSPS) is 12.9. The van der Waals surface area contributed by atoms with Gasteiger partial charge in [-0.25, -0.2) is 0 Å². The van der Waals surface area contributed by atoms with Gasteiger partial charge in [-0.2, -0.15) is 0 Å². The average molecular weight is 401 g/mol. The summed E-state index contributed by atoms with van der Waals surface area (Å²) in [5, 5.41) is 6.71. The number of methoxy groups -OCH3 is 1. The number of ether oxygens (including phenoxy) is 1. The second kappa shape index (κ2) is 9.73. The number of nitrogens with one attached hydrogen (secondary N) is 2. The Morgan fingerprint density at radius 3 is 2.61 bits per heavy atom. The minimum absolute atomic E-state index is 0.0624. The maximum Gasteiger partial charge on any atom is 0.254 e. The Hall–Kier alpha value is -2.34. The van der Waals surface area contributed by atoms with E-state index in [4.69, 9.17) is 4.74 Å². The van der Waals surface area contributed by atoms with Crippen LogP contribution in [0.5, 0.6) is 5.75 Å². The predicted octanol–water partition coefficient (Wildman–Crippen LogP) is 4.35. The molecule has 5 nitrogen and oxygen atoms in total. The van der Waals surface area contributed by atoms with E-state index in [9.17, 15) is 9.59 Å². The lowest BCUT2D eigenvalue weighted by atomic mass is 9.95. The number of hydrogen-bond acceptors (Lipinski definition) is 4. The molecular weight excluding hydrogens is 372 g/mol. The first-order valence-corrected chi connectivity index (χ1v) is 10.8. The summed E-state index contributed by atoms with van der Waals surface area (Å²) in [6, 6.07) is 7.46. The van der Waals surface area contributed by atoms with Crippen LogP contribution in [0, 0.1) is 0 Å². The summed E-state index contributed by atoms with van der Waals surface area (Å²) in [7, 11) is 1.62. The number of rotatable bonds is 8. The van der Waals surface area contributed by atoms with E-state index < -0.39 is 0 Å². The fourth-order valence-corrected chi connectivity index (χ4v) is 4.76. The van der Waals surface area contributed by atoms with Gasteiger partial charge in [0.1, 0.15) is 10.8 Å². The highest BCUT2D eigenvalue weighted by Gasteiger charge is 2.26. The van der Waals surface area contributed by atoms with Crippen molar-refractivity contribution in [2.75, 3.05) is 19.0 Å². The number of carbonyl (C=O) groups excluding carboxylic acids is 2. The second-order valence-electron chi connectivity index (χ2n) is 7.10. The summed E-state index contributed by atoms with van der Waals surface area (Å²) < 4.78 is 5.16. The van der Waals surface area contributed by atoms with Crippen molar-refractivity contribution in [1.29, 1.82) is 0 Å². The molecular formula is C22H28N2O3S. The number of aryl methyl sites for hydroxylation is 1. The van der Waals surface area contributed by atoms with E-state index in [1.54, 1.807) is 18.4 Å². The van der Waals surface area contributed by atoms with Crippen LogP contribution in [-0.4, -0.2) is 25.5 Å². The molecule has 0 radical (unpaired) electrons. The van der Waals surface area contributed by atoms with Gasteiger partial charge in [-0.1, -0.05) is 25.5 Å². The van der Waals surface area contributed by atoms with E-state index in [2.05, 4.69) is 17.6 Å². The molecule has 1 aromatic carbocycles. The average Bonchev–Trinajstić information content (AvgIpc) is 3.06. The third-order valence-electron chi connectivity index (χ3n) is 4.99. The van der Waals surface area contributed by atoms with Gasteiger partial charge in [0.05, 0.1) is 19.1 Å². The monoisotopic (exact) mass is 400 g/mol. The van der Waals surface area contributed by atoms with Crippen LogP contribution >= 0.6 is 11.3 Å². The zero-order valence-electron chi connectivity index (χ0n) is 16.6. The molecule has 0 spiro atoms. The van der Waals surface area contributed by atoms with E-state index in [1.807, 2.05) is 24.3 Å². The Labute approximate surface area is 170 Å². The van der Waals surface area contributed by atoms with Crippen molar-refractivity contribution in [3.05, 3.63) is 45.8 Å². The molecule has 1 aliphatic rings. The third-order valence-corrected chi connectivity index (χ3v) is 6.20. The molecule has 2 aromatic rings. The summed E-state index contributed by atoms with van der Waals surface area (Å²) in [5.74, 6) is 0.597. The molecule has 0 saturated carbocycles. The van der Waals surface area contributed by atoms with Crippen molar-refractivity contribution in [2.24, 2.45) is 0 Å². The highest BCUT2D eigenvalue weighted by molar-refractivity contribution is 7.17. The standard InChI is InChI=1S/C22H28N2O3S/c1-3-4-13-23-21(26)20-17-7-5-6-8-18(17)28-22(20)24-19(25)14-15-9-11-16(27-2)12-10-15/h9-12H,3-8,13-14H2,1-2H3,(H,23,26)(H,24,25). The third kappa shape index (κ3) is 4.93. The van der Waals surface area contributed by atoms with Gasteiger partial charge >= 0.3 is 0 Å². The van der Waals surface area contributed by atoms with E-state index in [0.717, 1.165) is 55.4 Å². The fourth-order valence-electron chi connectivity index (χ4n) is 3.46. The van der Waals surface area contributed by atoms with Crippen molar-refractivity contribution < 1.29 is 14.3 Å². The number of amides is 2. The van der Waals surface area contributed by atoms with Crippen LogP contribution < -0.4 is 15.4 Å². The summed E-state index contributed by atoms with van der Waals surface area (Å²) >= 11 is 1.56. The largest absolute Gasteiger partial charge is 0.497 e. The van der Waals surface area contributed by atoms with Crippen molar-refractivity contribution in [3.63, 3.8) is 0 Å². The first-order chi connectivity index (χ1) is 13.6. The van der Waals surface area contributed by atoms with Crippen LogP contribution in [0.15, 0.2) is 24.3 Å². The minimum Gasteiger partial charge on any atom is -0.497 e. The fraction of sp³-hybridized carbons (Fsp3) is 0.455. The van der Waals surface area contributed by atoms with Crippen molar-refractivity contribution >= 4 is 28.2 Å². The number of fused-ring (bicyclic) bond motifs is 1. The molecule has 1 aliphatic carbocycles. The van der Waals surface area contributed by atoms with Crippen LogP contribution in [0.2, 0.25) is 0 Å². The number of thiophene rings is 1. The number of unbranched alkanes of at least 4 members (excludes halogenated alkanes) is 1. The van der Waals surface area contributed by atoms with Gasteiger partial charge < -0.3 is 15.4 Å². The predicted molar refractivity (Wildman–Crippen MR) is 114 cm³/mol. The second-order valence-corrected chi connectivity index (χ2v) is 8.20. The highest BCUT2D eigenvalue weighted by atomic mass is 32.1. The summed E-state index contributed by atoms with van der Waals surface area (Å²) in [6.07, 6.45) is 6.40. The first-order valence-electron chi connectivity index (χ1n) is 9.98. The number of hydrogen-bond donors (Lipinski definition) is 2. The van der Waals surface area contributed by atoms with Crippen LogP contribution in [0.1, 0.15) is 59.0 Å². The van der Waals surface area contributed by atoms with Gasteiger partial charge in [0.15, 0.2) is 0 Å². The number of carbonyl (C=O) groups is 2. The van der Waals surface area contributed by atoms with Gasteiger partial charge in [-0.3, -0.25) is 9.59 Å². The molecule has 2 N–H and O–H groups in total. The zero-order valence-corrected chi connectivity index (χ0v) is 17.4. The van der Waals surface area contributed by atoms with Gasteiger partial charge in [0.2, 0.25) is 5.91 Å². The number of anilines is 1. The van der Waals surface area contributed by atoms with Gasteiger partial charge in [-0.15, -0.1) is 11.3 Å². The molecule has 0 saturated heterocycles. The Balaban J connectivity index is 1.75. The summed E-state index contributed by atoms with van der Waals surface area (Å²) in [5.41, 5.74) is 2.72. The topological polar surface area (TPSA) is 67.4 Å². The molecule has 6 heteroatoms. The van der Waals surface area contributed by atoms with Crippen LogP contribution in [0.4, 0.5) is 5.00 Å². The lowest BCUT2D eigenvalue weighted by Gasteiger charge is -2.13. The Morgan fingerprint density at radius 1 is 1.14 bits per heavy atom. The number of benzene rings is 1.